The van der Waals surface area contributed by atoms with E-state index in [-0.39, 0.29) is 35.3 Å². The fraction of sp³-hybridized carbons (Fsp3) is 0.261. The Bertz CT molecular complexity index is 1100. The average Bonchev–Trinajstić information content (AvgIpc) is 2.82. The molecule has 0 fully saturated rings. The summed E-state index contributed by atoms with van der Waals surface area (Å²) in [5.74, 6) is -0.131. The molecule has 0 saturated carbocycles. The number of halogens is 1. The summed E-state index contributed by atoms with van der Waals surface area (Å²) in [5, 5.41) is 10.7. The van der Waals surface area contributed by atoms with Gasteiger partial charge in [-0.1, -0.05) is 18.2 Å². The number of carbonyl (C=O) groups is 1. The highest BCUT2D eigenvalue weighted by Gasteiger charge is 2.37. The summed E-state index contributed by atoms with van der Waals surface area (Å²) in [5.41, 5.74) is 7.84. The van der Waals surface area contributed by atoms with Crippen molar-refractivity contribution in [1.82, 2.24) is 4.98 Å². The Morgan fingerprint density at radius 2 is 2.19 bits per heavy atom. The van der Waals surface area contributed by atoms with Crippen molar-refractivity contribution in [2.24, 2.45) is 5.73 Å². The number of pyridine rings is 1. The molecule has 1 aromatic heterocycles. The number of ether oxygens (including phenoxy) is 3. The molecule has 3 rings (SSSR count). The van der Waals surface area contributed by atoms with Crippen molar-refractivity contribution in [2.45, 2.75) is 23.6 Å². The Kier molecular flexibility index (Phi) is 8.03. The molecule has 2 aromatic rings. The molecule has 0 bridgehead atoms. The quantitative estimate of drug-likeness (QED) is 0.346. The molecule has 0 spiro atoms. The summed E-state index contributed by atoms with van der Waals surface area (Å²) in [6, 6.07) is 13.3. The molecule has 9 heteroatoms. The number of hydrogen-bond acceptors (Lipinski definition) is 8. The lowest BCUT2D eigenvalue weighted by Crippen LogP contribution is -2.27. The number of esters is 1. The Morgan fingerprint density at radius 3 is 2.81 bits per heavy atom. The van der Waals surface area contributed by atoms with Gasteiger partial charge in [-0.15, -0.1) is 23.4 Å². The predicted molar refractivity (Wildman–Crippen MR) is 122 cm³/mol. The first-order chi connectivity index (χ1) is 15.5. The van der Waals surface area contributed by atoms with Gasteiger partial charge in [0.1, 0.15) is 23.2 Å². The van der Waals surface area contributed by atoms with E-state index in [0.29, 0.717) is 17.1 Å². The molecule has 1 unspecified atom stereocenters. The lowest BCUT2D eigenvalue weighted by molar-refractivity contribution is -0.139. The first-order valence-electron chi connectivity index (χ1n) is 9.78. The van der Waals surface area contributed by atoms with E-state index in [2.05, 4.69) is 11.1 Å². The van der Waals surface area contributed by atoms with Gasteiger partial charge in [0.25, 0.3) is 0 Å². The van der Waals surface area contributed by atoms with Crippen LogP contribution in [0.1, 0.15) is 24.0 Å². The number of alkyl halides is 1. The summed E-state index contributed by atoms with van der Waals surface area (Å²) in [4.78, 5) is 17.1. The minimum Gasteiger partial charge on any atom is -0.496 e. The fourth-order valence-electron chi connectivity index (χ4n) is 3.36. The molecule has 2 N–H and O–H groups in total. The zero-order valence-corrected chi connectivity index (χ0v) is 19.2. The molecule has 2 heterocycles. The predicted octanol–water partition coefficient (Wildman–Crippen LogP) is 4.25. The van der Waals surface area contributed by atoms with Crippen LogP contribution < -0.4 is 10.5 Å². The second kappa shape index (κ2) is 10.9. The summed E-state index contributed by atoms with van der Waals surface area (Å²) < 4.78 is 16.2. The molecule has 0 aliphatic carbocycles. The highest BCUT2D eigenvalue weighted by Crippen LogP contribution is 2.41. The highest BCUT2D eigenvalue weighted by atomic mass is 35.5. The second-order valence-corrected chi connectivity index (χ2v) is 7.91. The van der Waals surface area contributed by atoms with Gasteiger partial charge in [-0.2, -0.15) is 5.26 Å². The molecule has 0 saturated heterocycles. The average molecular weight is 472 g/mol. The Balaban J connectivity index is 2.07. The summed E-state index contributed by atoms with van der Waals surface area (Å²) in [7, 11) is 1.59. The first-order valence-corrected chi connectivity index (χ1v) is 11.3. The number of nitriles is 1. The lowest BCUT2D eigenvalue weighted by atomic mass is 9.82. The molecule has 32 heavy (non-hydrogen) atoms. The number of nitrogens with two attached hydrogens (primary N) is 1. The number of allylic oxidation sites excluding steroid dienone is 2. The first kappa shape index (κ1) is 23.5. The molecule has 1 aliphatic heterocycles. The van der Waals surface area contributed by atoms with Gasteiger partial charge in [0, 0.05) is 17.5 Å². The summed E-state index contributed by atoms with van der Waals surface area (Å²) >= 11 is 7.59. The smallest absolute Gasteiger partial charge is 0.338 e. The number of nitrogens with zero attached hydrogens (tertiary/aromatic N) is 2. The third kappa shape index (κ3) is 5.01. The topological polar surface area (TPSA) is 107 Å². The zero-order chi connectivity index (χ0) is 23.1. The number of rotatable bonds is 8. The van der Waals surface area contributed by atoms with Crippen molar-refractivity contribution < 1.29 is 19.0 Å². The van der Waals surface area contributed by atoms with E-state index in [1.54, 1.807) is 44.1 Å². The number of hydrogen-bond donors (Lipinski definition) is 1. The van der Waals surface area contributed by atoms with Crippen LogP contribution in [-0.2, 0) is 20.0 Å². The molecule has 166 valence electrons. The molecule has 0 amide bonds. The third-order valence-electron chi connectivity index (χ3n) is 4.76. The molecule has 1 aliphatic rings. The molecular weight excluding hydrogens is 450 g/mol. The minimum atomic E-state index is -0.772. The van der Waals surface area contributed by atoms with Crippen molar-refractivity contribution in [3.8, 4) is 11.8 Å². The van der Waals surface area contributed by atoms with Crippen LogP contribution in [0.4, 0.5) is 0 Å². The lowest BCUT2D eigenvalue weighted by Gasteiger charge is -2.28. The Hall–Kier alpha value is -3.15. The van der Waals surface area contributed by atoms with Gasteiger partial charge in [0.2, 0.25) is 5.88 Å². The van der Waals surface area contributed by atoms with E-state index in [0.717, 1.165) is 10.6 Å². The van der Waals surface area contributed by atoms with Crippen LogP contribution in [0.25, 0.3) is 0 Å². The molecule has 7 nitrogen and oxygen atoms in total. The molecule has 1 aromatic carbocycles. The second-order valence-electron chi connectivity index (χ2n) is 6.64. The van der Waals surface area contributed by atoms with Gasteiger partial charge in [0.05, 0.1) is 36.1 Å². The maximum atomic E-state index is 12.8. The van der Waals surface area contributed by atoms with Gasteiger partial charge >= 0.3 is 5.97 Å². The van der Waals surface area contributed by atoms with Crippen molar-refractivity contribution in [1.29, 1.82) is 5.26 Å². The van der Waals surface area contributed by atoms with Crippen LogP contribution in [0.2, 0.25) is 0 Å². The number of methoxy groups -OCH3 is 1. The van der Waals surface area contributed by atoms with Gasteiger partial charge < -0.3 is 19.9 Å². The van der Waals surface area contributed by atoms with Crippen LogP contribution in [0, 0.1) is 11.3 Å². The maximum Gasteiger partial charge on any atom is 0.338 e. The monoisotopic (exact) mass is 471 g/mol. The Morgan fingerprint density at radius 1 is 1.38 bits per heavy atom. The van der Waals surface area contributed by atoms with E-state index in [1.165, 1.54) is 0 Å². The highest BCUT2D eigenvalue weighted by molar-refractivity contribution is 7.98. The van der Waals surface area contributed by atoms with E-state index in [9.17, 15) is 10.1 Å². The van der Waals surface area contributed by atoms with Crippen LogP contribution in [0.15, 0.2) is 70.4 Å². The van der Waals surface area contributed by atoms with E-state index >= 15 is 0 Å². The largest absolute Gasteiger partial charge is 0.496 e. The number of carbonyl (C=O) groups excluding carboxylic acids is 1. The van der Waals surface area contributed by atoms with Crippen molar-refractivity contribution >= 4 is 29.3 Å². The van der Waals surface area contributed by atoms with Gasteiger partial charge in [-0.05, 0) is 30.7 Å². The summed E-state index contributed by atoms with van der Waals surface area (Å²) in [6.07, 6.45) is 1.73. The minimum absolute atomic E-state index is 0.0820. The van der Waals surface area contributed by atoms with Crippen molar-refractivity contribution in [3.63, 3.8) is 0 Å². The summed E-state index contributed by atoms with van der Waals surface area (Å²) in [6.45, 7) is 1.87. The third-order valence-corrected chi connectivity index (χ3v) is 6.00. The number of thioether (sulfide) groups is 1. The van der Waals surface area contributed by atoms with E-state index < -0.39 is 11.9 Å². The zero-order valence-electron chi connectivity index (χ0n) is 17.6. The molecule has 0 radical (unpaired) electrons. The SMILES string of the molecule is CCOC(=O)C1=C(CCl)OC(N)=C(C#N)C1c1ccc(OC)c(CSc2ccccn2)c1. The van der Waals surface area contributed by atoms with Crippen LogP contribution in [-0.4, -0.2) is 30.5 Å². The molecular formula is C23H22ClN3O4S. The van der Waals surface area contributed by atoms with Crippen LogP contribution in [0.5, 0.6) is 5.75 Å². The van der Waals surface area contributed by atoms with E-state index in [1.807, 2.05) is 24.3 Å². The van der Waals surface area contributed by atoms with E-state index in [4.69, 9.17) is 31.5 Å². The van der Waals surface area contributed by atoms with Crippen LogP contribution >= 0.6 is 23.4 Å². The maximum absolute atomic E-state index is 12.8. The Labute approximate surface area is 195 Å². The number of aromatic nitrogens is 1. The fourth-order valence-corrected chi connectivity index (χ4v) is 4.40. The van der Waals surface area contributed by atoms with Gasteiger partial charge in [-0.3, -0.25) is 0 Å². The van der Waals surface area contributed by atoms with Crippen LogP contribution in [0.3, 0.4) is 0 Å². The normalized spacial score (nSPS) is 15.8. The van der Waals surface area contributed by atoms with Gasteiger partial charge in [-0.25, -0.2) is 9.78 Å². The standard InChI is InChI=1S/C23H22ClN3O4S/c1-3-30-23(28)21-18(11-24)31-22(26)16(12-25)20(21)14-7-8-17(29-2)15(10-14)13-32-19-6-4-5-9-27-19/h4-10,20H,3,11,13,26H2,1-2H3. The van der Waals surface area contributed by atoms with Crippen molar-refractivity contribution in [3.05, 3.63) is 76.5 Å². The van der Waals surface area contributed by atoms with Crippen molar-refractivity contribution in [2.75, 3.05) is 19.6 Å². The van der Waals surface area contributed by atoms with Gasteiger partial charge in [0.15, 0.2) is 0 Å². The molecule has 1 atom stereocenters. The number of benzene rings is 1.